The minimum atomic E-state index is 0.861. The van der Waals surface area contributed by atoms with Crippen LogP contribution < -0.4 is 4.90 Å². The largest absolute Gasteiger partial charge is 0.321 e. The Hall–Kier alpha value is -1.44. The lowest BCUT2D eigenvalue weighted by Gasteiger charge is -2.17. The van der Waals surface area contributed by atoms with Crippen LogP contribution >= 0.6 is 11.8 Å². The molecular weight excluding hydrogens is 254 g/mol. The number of likely N-dealkylation sites (tertiary alicyclic amines) is 1. The van der Waals surface area contributed by atoms with Crippen molar-refractivity contribution < 1.29 is 0 Å². The molecule has 19 heavy (non-hydrogen) atoms. The Labute approximate surface area is 118 Å². The van der Waals surface area contributed by atoms with Crippen molar-refractivity contribution in [1.82, 2.24) is 9.88 Å². The lowest BCUT2D eigenvalue weighted by Crippen LogP contribution is -2.19. The lowest BCUT2D eigenvalue weighted by atomic mass is 10.2. The van der Waals surface area contributed by atoms with Crippen molar-refractivity contribution in [3.05, 3.63) is 35.0 Å². The monoisotopic (exact) mass is 271 g/mol. The fourth-order valence-corrected chi connectivity index (χ4v) is 3.25. The van der Waals surface area contributed by atoms with Gasteiger partial charge in [-0.2, -0.15) is 0 Å². The maximum absolute atomic E-state index is 5.42. The molecule has 98 valence electrons. The number of terminal acetylenes is 1. The molecule has 0 atom stereocenters. The Bertz CT molecular complexity index is 526. The predicted molar refractivity (Wildman–Crippen MR) is 80.6 cm³/mol. The molecule has 0 saturated carbocycles. The van der Waals surface area contributed by atoms with Crippen LogP contribution in [0.3, 0.4) is 0 Å². The van der Waals surface area contributed by atoms with Crippen LogP contribution in [-0.2, 0) is 6.54 Å². The third-order valence-electron chi connectivity index (χ3n) is 3.48. The maximum atomic E-state index is 5.42. The number of pyridine rings is 1. The highest BCUT2D eigenvalue weighted by Gasteiger charge is 2.16. The van der Waals surface area contributed by atoms with Gasteiger partial charge in [0.25, 0.3) is 0 Å². The predicted octanol–water partition coefficient (Wildman–Crippen LogP) is 2.66. The van der Waals surface area contributed by atoms with Gasteiger partial charge in [-0.25, -0.2) is 4.98 Å². The Kier molecular flexibility index (Phi) is 3.77. The molecule has 0 unspecified atom stereocenters. The summed E-state index contributed by atoms with van der Waals surface area (Å²) < 4.78 is 0. The van der Waals surface area contributed by atoms with Crippen molar-refractivity contribution in [1.29, 1.82) is 0 Å². The van der Waals surface area contributed by atoms with Gasteiger partial charge in [-0.05, 0) is 43.6 Å². The average Bonchev–Trinajstić information content (AvgIpc) is 3.09. The summed E-state index contributed by atoms with van der Waals surface area (Å²) in [6.07, 6.45) is 12.0. The van der Waals surface area contributed by atoms with Gasteiger partial charge in [0.05, 0.1) is 10.8 Å². The summed E-state index contributed by atoms with van der Waals surface area (Å²) in [5.74, 6) is 4.54. The highest BCUT2D eigenvalue weighted by atomic mass is 32.2. The number of hydrogen-bond acceptors (Lipinski definition) is 4. The van der Waals surface area contributed by atoms with Crippen molar-refractivity contribution in [2.75, 3.05) is 23.9 Å². The van der Waals surface area contributed by atoms with Crippen LogP contribution in [0, 0.1) is 12.3 Å². The van der Waals surface area contributed by atoms with Crippen LogP contribution in [-0.4, -0.2) is 28.9 Å². The first-order valence-corrected chi connectivity index (χ1v) is 7.59. The summed E-state index contributed by atoms with van der Waals surface area (Å²) in [6, 6.07) is 4.28. The van der Waals surface area contributed by atoms with E-state index in [1.54, 1.807) is 11.8 Å². The van der Waals surface area contributed by atoms with Crippen molar-refractivity contribution in [2.24, 2.45) is 0 Å². The summed E-state index contributed by atoms with van der Waals surface area (Å²) >= 11 is 1.68. The summed E-state index contributed by atoms with van der Waals surface area (Å²) in [7, 11) is 0. The van der Waals surface area contributed by atoms with Gasteiger partial charge in [-0.3, -0.25) is 4.90 Å². The second kappa shape index (κ2) is 5.68. The zero-order valence-electron chi connectivity index (χ0n) is 10.9. The Morgan fingerprint density at radius 2 is 2.21 bits per heavy atom. The van der Waals surface area contributed by atoms with Gasteiger partial charge in [-0.15, -0.1) is 6.42 Å². The van der Waals surface area contributed by atoms with Crippen molar-refractivity contribution in [3.8, 4) is 12.3 Å². The normalized spacial score (nSPS) is 19.5. The molecule has 0 amide bonds. The van der Waals surface area contributed by atoms with E-state index in [-0.39, 0.29) is 0 Å². The van der Waals surface area contributed by atoms with Crippen LogP contribution in [0.2, 0.25) is 0 Å². The smallest absolute Gasteiger partial charge is 0.133 e. The molecule has 3 nitrogen and oxygen atoms in total. The van der Waals surface area contributed by atoms with Gasteiger partial charge in [-0.1, -0.05) is 17.7 Å². The maximum Gasteiger partial charge on any atom is 0.133 e. The van der Waals surface area contributed by atoms with Gasteiger partial charge in [0.2, 0.25) is 0 Å². The summed E-state index contributed by atoms with van der Waals surface area (Å²) in [4.78, 5) is 10.0. The molecule has 0 bridgehead atoms. The van der Waals surface area contributed by atoms with E-state index >= 15 is 0 Å². The van der Waals surface area contributed by atoms with Crippen LogP contribution in [0.25, 0.3) is 0 Å². The third kappa shape index (κ3) is 2.94. The van der Waals surface area contributed by atoms with E-state index in [4.69, 9.17) is 6.42 Å². The van der Waals surface area contributed by atoms with Crippen molar-refractivity contribution in [3.63, 3.8) is 0 Å². The van der Waals surface area contributed by atoms with Crippen LogP contribution in [0.15, 0.2) is 29.4 Å². The molecule has 0 aliphatic carbocycles. The Morgan fingerprint density at radius 3 is 2.95 bits per heavy atom. The topological polar surface area (TPSA) is 19.4 Å². The fourth-order valence-electron chi connectivity index (χ4n) is 2.48. The minimum Gasteiger partial charge on any atom is -0.321 e. The molecular formula is C15H17N3S. The second-order valence-corrected chi connectivity index (χ2v) is 5.87. The molecule has 3 rings (SSSR count). The van der Waals surface area contributed by atoms with E-state index in [0.717, 1.165) is 23.1 Å². The van der Waals surface area contributed by atoms with Crippen LogP contribution in [0.1, 0.15) is 18.4 Å². The number of anilines is 1. The first kappa shape index (κ1) is 12.6. The first-order chi connectivity index (χ1) is 9.35. The zero-order valence-corrected chi connectivity index (χ0v) is 11.7. The van der Waals surface area contributed by atoms with E-state index in [0.29, 0.717) is 0 Å². The second-order valence-electron chi connectivity index (χ2n) is 4.89. The van der Waals surface area contributed by atoms with Gasteiger partial charge >= 0.3 is 0 Å². The molecule has 0 spiro atoms. The zero-order chi connectivity index (χ0) is 13.1. The number of thioether (sulfide) groups is 1. The van der Waals surface area contributed by atoms with E-state index in [1.165, 1.54) is 31.5 Å². The first-order valence-electron chi connectivity index (χ1n) is 6.60. The number of allylic oxidation sites excluding steroid dienone is 1. The Morgan fingerprint density at radius 1 is 1.37 bits per heavy atom. The molecule has 0 radical (unpaired) electrons. The standard InChI is InChI=1S/C15H17N3S/c1-2-14-11-18(12-19-14)15-9-13(5-6-16-15)10-17-7-3-4-8-17/h1,5-6,9,11H,3-4,7-8,10,12H2. The number of nitrogens with zero attached hydrogens (tertiary/aromatic N) is 3. The van der Waals surface area contributed by atoms with Crippen LogP contribution in [0.4, 0.5) is 5.82 Å². The molecule has 3 heterocycles. The Balaban J connectivity index is 1.73. The van der Waals surface area contributed by atoms with Crippen molar-refractivity contribution in [2.45, 2.75) is 19.4 Å². The molecule has 0 aromatic carbocycles. The molecule has 1 saturated heterocycles. The quantitative estimate of drug-likeness (QED) is 0.787. The highest BCUT2D eigenvalue weighted by Crippen LogP contribution is 2.28. The third-order valence-corrected chi connectivity index (χ3v) is 4.43. The van der Waals surface area contributed by atoms with E-state index in [1.807, 2.05) is 12.4 Å². The molecule has 1 fully saturated rings. The van der Waals surface area contributed by atoms with E-state index in [9.17, 15) is 0 Å². The summed E-state index contributed by atoms with van der Waals surface area (Å²) in [5, 5.41) is 0. The molecule has 0 N–H and O–H groups in total. The average molecular weight is 271 g/mol. The summed E-state index contributed by atoms with van der Waals surface area (Å²) in [6.45, 7) is 3.47. The fraction of sp³-hybridized carbons (Fsp3) is 0.400. The lowest BCUT2D eigenvalue weighted by molar-refractivity contribution is 0.331. The molecule has 1 aromatic heterocycles. The molecule has 4 heteroatoms. The minimum absolute atomic E-state index is 0.861. The van der Waals surface area contributed by atoms with E-state index in [2.05, 4.69) is 32.8 Å². The van der Waals surface area contributed by atoms with Gasteiger partial charge in [0, 0.05) is 18.9 Å². The molecule has 2 aliphatic heterocycles. The summed E-state index contributed by atoms with van der Waals surface area (Å²) in [5.41, 5.74) is 1.33. The molecule has 1 aromatic rings. The van der Waals surface area contributed by atoms with Gasteiger partial charge in [0.1, 0.15) is 5.82 Å². The SMILES string of the molecule is C#CC1=CN(c2cc(CN3CCCC3)ccn2)CS1. The number of hydrogen-bond donors (Lipinski definition) is 0. The van der Waals surface area contributed by atoms with Crippen molar-refractivity contribution >= 4 is 17.6 Å². The van der Waals surface area contributed by atoms with Gasteiger partial charge < -0.3 is 4.90 Å². The highest BCUT2D eigenvalue weighted by molar-refractivity contribution is 8.03. The van der Waals surface area contributed by atoms with Gasteiger partial charge in [0.15, 0.2) is 0 Å². The number of rotatable bonds is 3. The van der Waals surface area contributed by atoms with E-state index < -0.39 is 0 Å². The van der Waals surface area contributed by atoms with Crippen LogP contribution in [0.5, 0.6) is 0 Å². The molecule has 2 aliphatic rings. The number of aromatic nitrogens is 1.